The predicted molar refractivity (Wildman–Crippen MR) is 89.2 cm³/mol. The van der Waals surface area contributed by atoms with Gasteiger partial charge in [-0.1, -0.05) is 23.4 Å². The summed E-state index contributed by atoms with van der Waals surface area (Å²) < 4.78 is 26.7. The summed E-state index contributed by atoms with van der Waals surface area (Å²) in [5.41, 5.74) is 1.28. The Balaban J connectivity index is 1.82. The first-order valence-corrected chi connectivity index (χ1v) is 9.59. The van der Waals surface area contributed by atoms with Crippen LogP contribution in [0.2, 0.25) is 0 Å². The van der Waals surface area contributed by atoms with Crippen LogP contribution in [0.4, 0.5) is 0 Å². The number of hydrogen-bond donors (Lipinski definition) is 0. The molecule has 3 aromatic rings. The van der Waals surface area contributed by atoms with Crippen LogP contribution in [0.5, 0.6) is 0 Å². The monoisotopic (exact) mass is 348 g/mol. The molecule has 0 saturated heterocycles. The third kappa shape index (κ3) is 3.48. The SMILES string of the molecule is Cc1ncc(CS(=O)(=O)C(C)c2cn(-c3ccccc3)nn2)s1. The Labute approximate surface area is 138 Å². The van der Waals surface area contributed by atoms with E-state index in [1.807, 2.05) is 37.3 Å². The molecule has 0 amide bonds. The van der Waals surface area contributed by atoms with E-state index in [0.717, 1.165) is 15.6 Å². The van der Waals surface area contributed by atoms with Crippen LogP contribution in [0.15, 0.2) is 42.7 Å². The van der Waals surface area contributed by atoms with E-state index in [9.17, 15) is 8.42 Å². The molecule has 1 atom stereocenters. The Morgan fingerprint density at radius 2 is 2.00 bits per heavy atom. The van der Waals surface area contributed by atoms with Crippen molar-refractivity contribution in [2.45, 2.75) is 24.9 Å². The number of sulfone groups is 1. The van der Waals surface area contributed by atoms with Crippen molar-refractivity contribution in [1.82, 2.24) is 20.0 Å². The number of thiazole rings is 1. The van der Waals surface area contributed by atoms with E-state index in [1.54, 1.807) is 24.0 Å². The minimum Gasteiger partial charge on any atom is -0.250 e. The molecule has 23 heavy (non-hydrogen) atoms. The van der Waals surface area contributed by atoms with Crippen LogP contribution in [0.1, 0.15) is 27.8 Å². The number of rotatable bonds is 5. The Hall–Kier alpha value is -2.06. The number of hydrogen-bond acceptors (Lipinski definition) is 6. The summed E-state index contributed by atoms with van der Waals surface area (Å²) in [4.78, 5) is 4.84. The molecule has 8 heteroatoms. The molecule has 0 aliphatic rings. The number of benzene rings is 1. The molecule has 6 nitrogen and oxygen atoms in total. The second-order valence-electron chi connectivity index (χ2n) is 5.22. The summed E-state index contributed by atoms with van der Waals surface area (Å²) in [6.07, 6.45) is 3.28. The largest absolute Gasteiger partial charge is 0.250 e. The Morgan fingerprint density at radius 3 is 2.65 bits per heavy atom. The Kier molecular flexibility index (Phi) is 4.27. The smallest absolute Gasteiger partial charge is 0.163 e. The maximum atomic E-state index is 12.6. The fourth-order valence-corrected chi connectivity index (χ4v) is 4.67. The van der Waals surface area contributed by atoms with E-state index in [2.05, 4.69) is 15.3 Å². The summed E-state index contributed by atoms with van der Waals surface area (Å²) in [7, 11) is -3.37. The lowest BCUT2D eigenvalue weighted by Gasteiger charge is -2.08. The van der Waals surface area contributed by atoms with Crippen molar-refractivity contribution < 1.29 is 8.42 Å². The summed E-state index contributed by atoms with van der Waals surface area (Å²) in [6.45, 7) is 3.50. The van der Waals surface area contributed by atoms with Crippen molar-refractivity contribution in [2.75, 3.05) is 0 Å². The minimum absolute atomic E-state index is 0.0299. The van der Waals surface area contributed by atoms with Crippen molar-refractivity contribution in [3.8, 4) is 5.69 Å². The second kappa shape index (κ2) is 6.21. The first kappa shape index (κ1) is 15.8. The van der Waals surface area contributed by atoms with Crippen molar-refractivity contribution in [3.05, 3.63) is 58.3 Å². The number of aryl methyl sites for hydroxylation is 1. The van der Waals surface area contributed by atoms with Gasteiger partial charge in [-0.15, -0.1) is 16.4 Å². The van der Waals surface area contributed by atoms with Crippen molar-refractivity contribution in [3.63, 3.8) is 0 Å². The van der Waals surface area contributed by atoms with E-state index in [-0.39, 0.29) is 5.75 Å². The van der Waals surface area contributed by atoms with E-state index in [1.165, 1.54) is 11.3 Å². The average molecular weight is 348 g/mol. The van der Waals surface area contributed by atoms with Crippen LogP contribution in [0, 0.1) is 6.92 Å². The molecule has 2 heterocycles. The van der Waals surface area contributed by atoms with E-state index >= 15 is 0 Å². The molecule has 3 rings (SSSR count). The second-order valence-corrected chi connectivity index (χ2v) is 8.86. The molecule has 0 saturated carbocycles. The standard InChI is InChI=1S/C15H16N4O2S2/c1-11(23(20,21)10-14-8-16-12(2)22-14)15-9-19(18-17-15)13-6-4-3-5-7-13/h3-9,11H,10H2,1-2H3. The lowest BCUT2D eigenvalue weighted by Crippen LogP contribution is -2.12. The number of aromatic nitrogens is 4. The fraction of sp³-hybridized carbons (Fsp3) is 0.267. The maximum absolute atomic E-state index is 12.6. The number of nitrogens with zero attached hydrogens (tertiary/aromatic N) is 4. The molecule has 0 bridgehead atoms. The van der Waals surface area contributed by atoms with Crippen molar-refractivity contribution in [1.29, 1.82) is 0 Å². The van der Waals surface area contributed by atoms with Crippen LogP contribution in [-0.2, 0) is 15.6 Å². The highest BCUT2D eigenvalue weighted by Crippen LogP contribution is 2.26. The van der Waals surface area contributed by atoms with Gasteiger partial charge in [0.05, 0.1) is 22.6 Å². The first-order chi connectivity index (χ1) is 11.0. The molecule has 2 aromatic heterocycles. The molecule has 0 N–H and O–H groups in total. The third-order valence-electron chi connectivity index (χ3n) is 3.50. The van der Waals surface area contributed by atoms with Gasteiger partial charge in [0.2, 0.25) is 0 Å². The number of para-hydroxylation sites is 1. The van der Waals surface area contributed by atoms with Gasteiger partial charge in [0.1, 0.15) is 10.9 Å². The zero-order valence-electron chi connectivity index (χ0n) is 12.7. The van der Waals surface area contributed by atoms with Crippen molar-refractivity contribution >= 4 is 21.2 Å². The molecule has 0 fully saturated rings. The summed E-state index contributed by atoms with van der Waals surface area (Å²) in [5, 5.41) is 8.19. The first-order valence-electron chi connectivity index (χ1n) is 7.06. The molecular weight excluding hydrogens is 332 g/mol. The van der Waals surface area contributed by atoms with Crippen LogP contribution in [0.25, 0.3) is 5.69 Å². The molecule has 1 unspecified atom stereocenters. The van der Waals surface area contributed by atoms with E-state index in [4.69, 9.17) is 0 Å². The highest BCUT2D eigenvalue weighted by Gasteiger charge is 2.26. The van der Waals surface area contributed by atoms with E-state index < -0.39 is 15.1 Å². The average Bonchev–Trinajstić information content (AvgIpc) is 3.16. The molecule has 120 valence electrons. The lowest BCUT2D eigenvalue weighted by molar-refractivity contribution is 0.584. The van der Waals surface area contributed by atoms with Gasteiger partial charge in [0, 0.05) is 11.1 Å². The maximum Gasteiger partial charge on any atom is 0.163 e. The van der Waals surface area contributed by atoms with Crippen LogP contribution >= 0.6 is 11.3 Å². The quantitative estimate of drug-likeness (QED) is 0.708. The highest BCUT2D eigenvalue weighted by atomic mass is 32.2. The summed E-state index contributed by atoms with van der Waals surface area (Å²) in [5.74, 6) is -0.0299. The van der Waals surface area contributed by atoms with Gasteiger partial charge in [0.25, 0.3) is 0 Å². The molecular formula is C15H16N4O2S2. The van der Waals surface area contributed by atoms with Crippen LogP contribution < -0.4 is 0 Å². The van der Waals surface area contributed by atoms with E-state index in [0.29, 0.717) is 5.69 Å². The van der Waals surface area contributed by atoms with Gasteiger partial charge >= 0.3 is 0 Å². The highest BCUT2D eigenvalue weighted by molar-refractivity contribution is 7.91. The van der Waals surface area contributed by atoms with Crippen molar-refractivity contribution in [2.24, 2.45) is 0 Å². The van der Waals surface area contributed by atoms with Gasteiger partial charge in [-0.05, 0) is 26.0 Å². The fourth-order valence-electron chi connectivity index (χ4n) is 2.15. The van der Waals surface area contributed by atoms with Gasteiger partial charge < -0.3 is 0 Å². The summed E-state index contributed by atoms with van der Waals surface area (Å²) in [6, 6.07) is 9.47. The predicted octanol–water partition coefficient (Wildman–Crippen LogP) is 2.71. The van der Waals surface area contributed by atoms with Gasteiger partial charge in [-0.25, -0.2) is 18.1 Å². The molecule has 0 radical (unpaired) electrons. The van der Waals surface area contributed by atoms with Crippen LogP contribution in [-0.4, -0.2) is 28.4 Å². The molecule has 1 aromatic carbocycles. The Morgan fingerprint density at radius 1 is 1.26 bits per heavy atom. The van der Waals surface area contributed by atoms with Gasteiger partial charge in [-0.2, -0.15) is 0 Å². The zero-order chi connectivity index (χ0) is 16.4. The lowest BCUT2D eigenvalue weighted by atomic mass is 10.3. The van der Waals surface area contributed by atoms with Gasteiger partial charge in [-0.3, -0.25) is 0 Å². The molecule has 0 aliphatic heterocycles. The third-order valence-corrected chi connectivity index (χ3v) is 6.63. The normalized spacial score (nSPS) is 13.1. The topological polar surface area (TPSA) is 77.7 Å². The molecule has 0 aliphatic carbocycles. The minimum atomic E-state index is -3.37. The molecule has 0 spiro atoms. The summed E-state index contributed by atoms with van der Waals surface area (Å²) >= 11 is 1.40. The van der Waals surface area contributed by atoms with Gasteiger partial charge in [0.15, 0.2) is 9.84 Å². The Bertz CT molecular complexity index is 900. The zero-order valence-corrected chi connectivity index (χ0v) is 14.4. The van der Waals surface area contributed by atoms with Crippen LogP contribution in [0.3, 0.4) is 0 Å².